The summed E-state index contributed by atoms with van der Waals surface area (Å²) >= 11 is 0. The lowest BCUT2D eigenvalue weighted by Gasteiger charge is -2.37. The van der Waals surface area contributed by atoms with Crippen LogP contribution in [0.3, 0.4) is 0 Å². The zero-order chi connectivity index (χ0) is 14.3. The van der Waals surface area contributed by atoms with E-state index in [1.807, 2.05) is 25.1 Å². The average Bonchev–Trinajstić information content (AvgIpc) is 2.63. The van der Waals surface area contributed by atoms with Gasteiger partial charge in [0.15, 0.2) is 0 Å². The van der Waals surface area contributed by atoms with Crippen molar-refractivity contribution in [2.45, 2.75) is 53.2 Å². The van der Waals surface area contributed by atoms with E-state index in [0.717, 1.165) is 23.4 Å². The van der Waals surface area contributed by atoms with Crippen LogP contribution in [-0.2, 0) is 13.0 Å². The minimum absolute atomic E-state index is 0.177. The molecule has 0 fully saturated rings. The second kappa shape index (κ2) is 4.64. The van der Waals surface area contributed by atoms with Crippen molar-refractivity contribution in [3.63, 3.8) is 0 Å². The van der Waals surface area contributed by atoms with Gasteiger partial charge >= 0.3 is 0 Å². The number of aromatic nitrogens is 2. The highest BCUT2D eigenvalue weighted by Gasteiger charge is 2.36. The molecule has 1 aromatic carbocycles. The maximum Gasteiger partial charge on any atom is 0.112 e. The molecule has 19 heavy (non-hydrogen) atoms. The number of hydrogen-bond acceptors (Lipinski definition) is 2. The van der Waals surface area contributed by atoms with Crippen molar-refractivity contribution in [1.29, 1.82) is 0 Å². The van der Waals surface area contributed by atoms with Crippen LogP contribution >= 0.6 is 0 Å². The summed E-state index contributed by atoms with van der Waals surface area (Å²) < 4.78 is 2.19. The second-order valence-electron chi connectivity index (χ2n) is 6.46. The van der Waals surface area contributed by atoms with Gasteiger partial charge < -0.3 is 9.67 Å². The smallest absolute Gasteiger partial charge is 0.112 e. The van der Waals surface area contributed by atoms with Crippen LogP contribution < -0.4 is 0 Å². The van der Waals surface area contributed by atoms with E-state index in [0.29, 0.717) is 6.42 Å². The highest BCUT2D eigenvalue weighted by atomic mass is 16.3. The van der Waals surface area contributed by atoms with Gasteiger partial charge in [0.2, 0.25) is 0 Å². The van der Waals surface area contributed by atoms with Gasteiger partial charge in [0.05, 0.1) is 16.6 Å². The summed E-state index contributed by atoms with van der Waals surface area (Å²) in [6.07, 6.45) is 0.568. The van der Waals surface area contributed by atoms with Crippen molar-refractivity contribution in [2.24, 2.45) is 5.41 Å². The van der Waals surface area contributed by atoms with Gasteiger partial charge in [0, 0.05) is 13.0 Å². The summed E-state index contributed by atoms with van der Waals surface area (Å²) in [5.41, 5.74) is 1.19. The zero-order valence-corrected chi connectivity index (χ0v) is 12.6. The third kappa shape index (κ3) is 2.52. The molecule has 0 aliphatic heterocycles. The van der Waals surface area contributed by atoms with Crippen LogP contribution in [0, 0.1) is 5.41 Å². The largest absolute Gasteiger partial charge is 0.389 e. The maximum absolute atomic E-state index is 10.7. The van der Waals surface area contributed by atoms with E-state index in [4.69, 9.17) is 0 Å². The van der Waals surface area contributed by atoms with Crippen molar-refractivity contribution >= 4 is 11.0 Å². The van der Waals surface area contributed by atoms with E-state index in [-0.39, 0.29) is 5.41 Å². The van der Waals surface area contributed by atoms with Crippen molar-refractivity contribution in [1.82, 2.24) is 9.55 Å². The lowest BCUT2D eigenvalue weighted by molar-refractivity contribution is -0.0425. The quantitative estimate of drug-likeness (QED) is 0.918. The number of nitrogens with zero attached hydrogens (tertiary/aromatic N) is 2. The normalized spacial score (nSPS) is 15.7. The molecular formula is C16H24N2O. The molecule has 3 nitrogen and oxygen atoms in total. The number of para-hydroxylation sites is 2. The van der Waals surface area contributed by atoms with Crippen LogP contribution in [0.4, 0.5) is 0 Å². The Labute approximate surface area is 115 Å². The van der Waals surface area contributed by atoms with E-state index < -0.39 is 5.60 Å². The fourth-order valence-corrected chi connectivity index (χ4v) is 2.19. The summed E-state index contributed by atoms with van der Waals surface area (Å²) in [7, 11) is 0. The number of rotatable bonds is 3. The lowest BCUT2D eigenvalue weighted by Crippen LogP contribution is -2.42. The van der Waals surface area contributed by atoms with Gasteiger partial charge in [-0.05, 0) is 31.4 Å². The Kier molecular flexibility index (Phi) is 3.43. The Morgan fingerprint density at radius 2 is 1.79 bits per heavy atom. The first-order chi connectivity index (χ1) is 8.76. The molecule has 0 bridgehead atoms. The van der Waals surface area contributed by atoms with E-state index in [2.05, 4.69) is 43.3 Å². The molecule has 1 atom stereocenters. The molecule has 104 valence electrons. The van der Waals surface area contributed by atoms with Crippen molar-refractivity contribution < 1.29 is 5.11 Å². The fourth-order valence-electron chi connectivity index (χ4n) is 2.19. The molecule has 1 unspecified atom stereocenters. The van der Waals surface area contributed by atoms with Gasteiger partial charge in [0.1, 0.15) is 5.82 Å². The molecule has 0 spiro atoms. The lowest BCUT2D eigenvalue weighted by atomic mass is 9.75. The molecular weight excluding hydrogens is 236 g/mol. The van der Waals surface area contributed by atoms with Gasteiger partial charge in [-0.2, -0.15) is 0 Å². The van der Waals surface area contributed by atoms with E-state index >= 15 is 0 Å². The number of fused-ring (bicyclic) bond motifs is 1. The summed E-state index contributed by atoms with van der Waals surface area (Å²) in [5.74, 6) is 0.962. The van der Waals surface area contributed by atoms with Gasteiger partial charge in [-0.3, -0.25) is 0 Å². The first-order valence-corrected chi connectivity index (χ1v) is 6.93. The SMILES string of the molecule is CCn1c(CC(C)(O)C(C)(C)C)nc2ccccc21. The van der Waals surface area contributed by atoms with E-state index in [1.165, 1.54) is 0 Å². The number of aryl methyl sites for hydroxylation is 1. The van der Waals surface area contributed by atoms with Crippen LogP contribution in [0.5, 0.6) is 0 Å². The van der Waals surface area contributed by atoms with Crippen molar-refractivity contribution in [3.05, 3.63) is 30.1 Å². The molecule has 3 heteroatoms. The number of imidazole rings is 1. The summed E-state index contributed by atoms with van der Waals surface area (Å²) in [6.45, 7) is 11.1. The van der Waals surface area contributed by atoms with Gasteiger partial charge in [0.25, 0.3) is 0 Å². The Hall–Kier alpha value is -1.35. The second-order valence-corrected chi connectivity index (χ2v) is 6.46. The molecule has 2 rings (SSSR count). The predicted octanol–water partition coefficient (Wildman–Crippen LogP) is 3.40. The molecule has 0 saturated heterocycles. The summed E-state index contributed by atoms with van der Waals surface area (Å²) in [5, 5.41) is 10.7. The van der Waals surface area contributed by atoms with Crippen LogP contribution in [-0.4, -0.2) is 20.3 Å². The molecule has 1 N–H and O–H groups in total. The van der Waals surface area contributed by atoms with Crippen LogP contribution in [0.2, 0.25) is 0 Å². The van der Waals surface area contributed by atoms with Crippen LogP contribution in [0.15, 0.2) is 24.3 Å². The summed E-state index contributed by atoms with van der Waals surface area (Å²) in [4.78, 5) is 4.69. The Morgan fingerprint density at radius 3 is 2.37 bits per heavy atom. The molecule has 1 aromatic heterocycles. The molecule has 1 heterocycles. The van der Waals surface area contributed by atoms with Crippen LogP contribution in [0.1, 0.15) is 40.4 Å². The standard InChI is InChI=1S/C16H24N2O/c1-6-18-13-10-8-7-9-12(13)17-14(18)11-16(5,19)15(2,3)4/h7-10,19H,6,11H2,1-5H3. The minimum atomic E-state index is -0.776. The number of hydrogen-bond donors (Lipinski definition) is 1. The third-order valence-electron chi connectivity index (χ3n) is 4.17. The molecule has 0 aliphatic carbocycles. The first-order valence-electron chi connectivity index (χ1n) is 6.93. The van der Waals surface area contributed by atoms with Crippen molar-refractivity contribution in [2.75, 3.05) is 0 Å². The minimum Gasteiger partial charge on any atom is -0.389 e. The Bertz CT molecular complexity index is 576. The number of aliphatic hydroxyl groups is 1. The average molecular weight is 260 g/mol. The fraction of sp³-hybridized carbons (Fsp3) is 0.562. The Morgan fingerprint density at radius 1 is 1.16 bits per heavy atom. The molecule has 0 aliphatic rings. The third-order valence-corrected chi connectivity index (χ3v) is 4.17. The highest BCUT2D eigenvalue weighted by molar-refractivity contribution is 5.75. The molecule has 0 amide bonds. The van der Waals surface area contributed by atoms with Gasteiger partial charge in [-0.15, -0.1) is 0 Å². The monoisotopic (exact) mass is 260 g/mol. The molecule has 0 radical (unpaired) electrons. The molecule has 2 aromatic rings. The summed E-state index contributed by atoms with van der Waals surface area (Å²) in [6, 6.07) is 8.14. The topological polar surface area (TPSA) is 38.0 Å². The van der Waals surface area contributed by atoms with E-state index in [1.54, 1.807) is 0 Å². The van der Waals surface area contributed by atoms with Crippen molar-refractivity contribution in [3.8, 4) is 0 Å². The highest BCUT2D eigenvalue weighted by Crippen LogP contribution is 2.33. The zero-order valence-electron chi connectivity index (χ0n) is 12.6. The van der Waals surface area contributed by atoms with Crippen LogP contribution in [0.25, 0.3) is 11.0 Å². The van der Waals surface area contributed by atoms with Gasteiger partial charge in [-0.25, -0.2) is 4.98 Å². The predicted molar refractivity (Wildman–Crippen MR) is 79.2 cm³/mol. The van der Waals surface area contributed by atoms with Gasteiger partial charge in [-0.1, -0.05) is 32.9 Å². The van der Waals surface area contributed by atoms with E-state index in [9.17, 15) is 5.11 Å². The maximum atomic E-state index is 10.7. The Balaban J connectivity index is 2.46. The molecule has 0 saturated carbocycles. The first kappa shape index (κ1) is 14.1. The number of benzene rings is 1.